The van der Waals surface area contributed by atoms with E-state index in [9.17, 15) is 14.8 Å². The van der Waals surface area contributed by atoms with Crippen LogP contribution in [0.15, 0.2) is 40.1 Å². The van der Waals surface area contributed by atoms with Crippen molar-refractivity contribution in [2.24, 2.45) is 0 Å². The van der Waals surface area contributed by atoms with Crippen molar-refractivity contribution in [3.05, 3.63) is 51.3 Å². The summed E-state index contributed by atoms with van der Waals surface area (Å²) in [5, 5.41) is 10.5. The van der Waals surface area contributed by atoms with Gasteiger partial charge in [-0.3, -0.25) is 18.9 Å². The van der Waals surface area contributed by atoms with Crippen molar-refractivity contribution in [2.75, 3.05) is 0 Å². The Kier molecular flexibility index (Phi) is 4.24. The second-order valence-corrected chi connectivity index (χ2v) is 5.68. The summed E-state index contributed by atoms with van der Waals surface area (Å²) < 4.78 is 3.58. The molecule has 7 heteroatoms. The van der Waals surface area contributed by atoms with Gasteiger partial charge in [0.15, 0.2) is 5.52 Å². The molecule has 3 rings (SSSR count). The van der Waals surface area contributed by atoms with E-state index in [4.69, 9.17) is 0 Å². The highest BCUT2D eigenvalue weighted by atomic mass is 16.5. The Morgan fingerprint density at radius 3 is 2.42 bits per heavy atom. The van der Waals surface area contributed by atoms with Crippen LogP contribution in [-0.4, -0.2) is 24.1 Å². The fourth-order valence-corrected chi connectivity index (χ4v) is 2.91. The van der Waals surface area contributed by atoms with E-state index in [1.165, 1.54) is 4.57 Å². The van der Waals surface area contributed by atoms with E-state index in [1.54, 1.807) is 35.0 Å². The molecule has 7 nitrogen and oxygen atoms in total. The smallest absolute Gasteiger partial charge is 0.331 e. The molecule has 0 spiro atoms. The third-order valence-corrected chi connectivity index (χ3v) is 3.98. The van der Waals surface area contributed by atoms with Crippen molar-refractivity contribution in [2.45, 2.75) is 39.8 Å². The molecule has 126 valence electrons. The number of fused-ring (bicyclic) bond motifs is 1. The van der Waals surface area contributed by atoms with Gasteiger partial charge in [-0.25, -0.2) is 4.79 Å². The van der Waals surface area contributed by atoms with Crippen LogP contribution >= 0.6 is 0 Å². The summed E-state index contributed by atoms with van der Waals surface area (Å²) in [4.78, 5) is 29.6. The molecule has 3 heterocycles. The fourth-order valence-electron chi connectivity index (χ4n) is 2.91. The van der Waals surface area contributed by atoms with E-state index in [1.807, 2.05) is 13.8 Å². The van der Waals surface area contributed by atoms with Crippen LogP contribution in [0.25, 0.3) is 22.4 Å². The lowest BCUT2D eigenvalue weighted by Gasteiger charge is -2.10. The normalized spacial score (nSPS) is 11.2. The molecule has 0 saturated heterocycles. The van der Waals surface area contributed by atoms with Gasteiger partial charge in [-0.05, 0) is 31.0 Å². The van der Waals surface area contributed by atoms with Crippen LogP contribution in [0, 0.1) is 0 Å². The number of pyridine rings is 1. The number of rotatable bonds is 5. The Hall–Kier alpha value is -2.83. The van der Waals surface area contributed by atoms with Crippen LogP contribution in [0.1, 0.15) is 26.7 Å². The molecular weight excluding hydrogens is 308 g/mol. The average molecular weight is 328 g/mol. The Labute approximate surface area is 138 Å². The Morgan fingerprint density at radius 2 is 1.79 bits per heavy atom. The van der Waals surface area contributed by atoms with Crippen LogP contribution in [-0.2, 0) is 13.1 Å². The number of nitrogens with zero attached hydrogens (tertiary/aromatic N) is 4. The minimum absolute atomic E-state index is 0.108. The zero-order valence-electron chi connectivity index (χ0n) is 13.8. The highest BCUT2D eigenvalue weighted by Gasteiger charge is 2.20. The molecule has 0 unspecified atom stereocenters. The molecule has 3 aromatic rings. The highest BCUT2D eigenvalue weighted by molar-refractivity contribution is 5.82. The summed E-state index contributed by atoms with van der Waals surface area (Å²) in [5.41, 5.74) is 0.650. The van der Waals surface area contributed by atoms with Crippen molar-refractivity contribution in [3.8, 4) is 11.4 Å². The van der Waals surface area contributed by atoms with Gasteiger partial charge in [-0.1, -0.05) is 19.9 Å². The highest BCUT2D eigenvalue weighted by Crippen LogP contribution is 2.23. The molecule has 1 N–H and O–H groups in total. The lowest BCUT2D eigenvalue weighted by molar-refractivity contribution is 0.203. The van der Waals surface area contributed by atoms with Crippen molar-refractivity contribution >= 4 is 11.0 Å². The molecule has 0 amide bonds. The summed E-state index contributed by atoms with van der Waals surface area (Å²) in [7, 11) is 0. The summed E-state index contributed by atoms with van der Waals surface area (Å²) in [6.07, 6.45) is 3.02. The molecular formula is C17H20N4O3. The average Bonchev–Trinajstić information content (AvgIpc) is 2.94. The maximum Gasteiger partial charge on any atom is 0.331 e. The second kappa shape index (κ2) is 6.35. The van der Waals surface area contributed by atoms with E-state index >= 15 is 0 Å². The minimum Gasteiger partial charge on any atom is -0.428 e. The second-order valence-electron chi connectivity index (χ2n) is 5.68. The van der Waals surface area contributed by atoms with E-state index in [0.29, 0.717) is 36.4 Å². The van der Waals surface area contributed by atoms with Crippen molar-refractivity contribution < 1.29 is 5.21 Å². The first-order valence-corrected chi connectivity index (χ1v) is 8.09. The Balaban J connectivity index is 2.41. The third kappa shape index (κ3) is 2.42. The largest absolute Gasteiger partial charge is 0.428 e. The van der Waals surface area contributed by atoms with Gasteiger partial charge in [0.2, 0.25) is 0 Å². The first-order valence-electron chi connectivity index (χ1n) is 8.09. The van der Waals surface area contributed by atoms with Gasteiger partial charge in [0.05, 0.1) is 11.2 Å². The molecule has 0 aliphatic heterocycles. The molecule has 0 bridgehead atoms. The van der Waals surface area contributed by atoms with Gasteiger partial charge >= 0.3 is 5.69 Å². The minimum atomic E-state index is -0.478. The molecule has 0 fully saturated rings. The van der Waals surface area contributed by atoms with E-state index in [2.05, 4.69) is 4.98 Å². The predicted octanol–water partition coefficient (Wildman–Crippen LogP) is 2.08. The molecule has 0 atom stereocenters. The van der Waals surface area contributed by atoms with Crippen molar-refractivity contribution in [1.29, 1.82) is 0 Å². The first kappa shape index (κ1) is 16.0. The summed E-state index contributed by atoms with van der Waals surface area (Å²) in [5.74, 6) is 0. The summed E-state index contributed by atoms with van der Waals surface area (Å²) >= 11 is 0. The SMILES string of the molecule is CCCn1c(=O)c2c(cc(-c3ccccn3)n2O)n(CCC)c1=O. The Morgan fingerprint density at radius 1 is 1.08 bits per heavy atom. The third-order valence-electron chi connectivity index (χ3n) is 3.98. The Bertz CT molecular complexity index is 983. The molecule has 0 aliphatic rings. The molecule has 0 aliphatic carbocycles. The van der Waals surface area contributed by atoms with Crippen LogP contribution < -0.4 is 11.2 Å². The molecule has 24 heavy (non-hydrogen) atoms. The quantitative estimate of drug-likeness (QED) is 0.727. The zero-order valence-corrected chi connectivity index (χ0v) is 13.8. The zero-order chi connectivity index (χ0) is 17.3. The number of hydrogen-bond donors (Lipinski definition) is 1. The standard InChI is InChI=1S/C17H20N4O3/c1-3-9-19-14-11-13(12-7-5-6-8-18-12)21(24)15(14)16(22)20(10-4-2)17(19)23/h5-8,11,24H,3-4,9-10H2,1-2H3. The number of hydrogen-bond acceptors (Lipinski definition) is 4. The monoisotopic (exact) mass is 328 g/mol. The maximum absolute atomic E-state index is 12.7. The van der Waals surface area contributed by atoms with Gasteiger partial charge in [-0.15, -0.1) is 0 Å². The lowest BCUT2D eigenvalue weighted by atomic mass is 10.3. The topological polar surface area (TPSA) is 82.0 Å². The molecule has 3 aromatic heterocycles. The van der Waals surface area contributed by atoms with E-state index in [0.717, 1.165) is 11.2 Å². The maximum atomic E-state index is 12.7. The van der Waals surface area contributed by atoms with Crippen LogP contribution in [0.3, 0.4) is 0 Å². The van der Waals surface area contributed by atoms with Crippen molar-refractivity contribution in [1.82, 2.24) is 18.8 Å². The summed E-state index contributed by atoms with van der Waals surface area (Å²) in [6.45, 7) is 4.66. The van der Waals surface area contributed by atoms with E-state index < -0.39 is 5.56 Å². The lowest BCUT2D eigenvalue weighted by Crippen LogP contribution is -2.40. The fraction of sp³-hybridized carbons (Fsp3) is 0.353. The predicted molar refractivity (Wildman–Crippen MR) is 91.5 cm³/mol. The number of aryl methyl sites for hydroxylation is 1. The first-order chi connectivity index (χ1) is 11.6. The van der Waals surface area contributed by atoms with Gasteiger partial charge in [-0.2, -0.15) is 4.73 Å². The van der Waals surface area contributed by atoms with Crippen LogP contribution in [0.5, 0.6) is 0 Å². The molecule has 0 aromatic carbocycles. The van der Waals surface area contributed by atoms with Gasteiger partial charge in [0, 0.05) is 19.3 Å². The van der Waals surface area contributed by atoms with Crippen LogP contribution in [0.4, 0.5) is 0 Å². The van der Waals surface area contributed by atoms with Gasteiger partial charge in [0.1, 0.15) is 5.69 Å². The van der Waals surface area contributed by atoms with Gasteiger partial charge in [0.25, 0.3) is 5.56 Å². The number of aromatic nitrogens is 4. The van der Waals surface area contributed by atoms with Crippen molar-refractivity contribution in [3.63, 3.8) is 0 Å². The van der Waals surface area contributed by atoms with Crippen LogP contribution in [0.2, 0.25) is 0 Å². The van der Waals surface area contributed by atoms with E-state index in [-0.39, 0.29) is 11.2 Å². The van der Waals surface area contributed by atoms with Gasteiger partial charge < -0.3 is 5.21 Å². The molecule has 0 radical (unpaired) electrons. The molecule has 0 saturated carbocycles. The summed E-state index contributed by atoms with van der Waals surface area (Å²) in [6, 6.07) is 6.96.